The number of ketones is 1. The number of benzene rings is 1. The van der Waals surface area contributed by atoms with Crippen LogP contribution in [-0.4, -0.2) is 207 Å². The number of hydrogen-bond acceptors (Lipinski definition) is 19. The van der Waals surface area contributed by atoms with Crippen molar-refractivity contribution in [2.75, 3.05) is 13.1 Å². The number of hydrogen-bond donors (Lipinski definition) is 14. The van der Waals surface area contributed by atoms with Gasteiger partial charge < -0.3 is 87.1 Å². The number of ether oxygens (including phenoxy) is 1. The molecule has 16 atom stereocenters. The second-order valence-electron chi connectivity index (χ2n) is 22.5. The Morgan fingerprint density at radius 2 is 1.30 bits per heavy atom. The van der Waals surface area contributed by atoms with E-state index in [0.29, 0.717) is 29.6 Å². The Balaban J connectivity index is 1.70. The number of aliphatic carboxylic acids is 1. The first kappa shape index (κ1) is 69.3. The lowest BCUT2D eigenvalue weighted by atomic mass is 9.91. The summed E-state index contributed by atoms with van der Waals surface area (Å²) in [4.78, 5) is 137. The maximum Gasteiger partial charge on any atom is 0.311 e. The highest BCUT2D eigenvalue weighted by atomic mass is 16.5. The van der Waals surface area contributed by atoms with Crippen LogP contribution >= 0.6 is 0 Å². The summed E-state index contributed by atoms with van der Waals surface area (Å²) in [6.07, 6.45) is -10.9. The van der Waals surface area contributed by atoms with E-state index in [1.807, 2.05) is 0 Å². The van der Waals surface area contributed by atoms with Gasteiger partial charge >= 0.3 is 11.9 Å². The standard InChI is InChI=1S/C56H87N7O20/c1-6-29(2)24-30(3)14-11-9-7-8-10-12-15-41(70)57-36-27-40(69)52(78)61-54(80)47-38(67)22-23-62(47)56(82)45(39(68)25-31(4)64)59-53(79)46(49(75)48(74)33-18-20-35(21-19-33)83-43(73)17-13-16-42(71)72)60-51(77)37-26-34(66)28-63(37)55(81)44(32(5)65)58-50(36)76/h18-21,29-30,32,34,36-40,44-49,52,65-69,74-75,78H,6-17,22-28H2,1-5H3,(H,57,70)(H,58,76)(H,59,79)(H,60,77)(H,61,80)(H,71,72)/t29?,30?,32?,34?,36?,37?,38?,39?,40?,44?,45?,46?,47?,48-,49?,52?/m1/s1. The maximum atomic E-state index is 14.6. The van der Waals surface area contributed by atoms with Crippen LogP contribution in [0.1, 0.15) is 155 Å². The number of aliphatic hydroxyl groups is 8. The summed E-state index contributed by atoms with van der Waals surface area (Å²) in [5.74, 6) is -9.96. The highest BCUT2D eigenvalue weighted by Crippen LogP contribution is 2.27. The summed E-state index contributed by atoms with van der Waals surface area (Å²) in [7, 11) is 0. The van der Waals surface area contributed by atoms with Crippen LogP contribution < -0.4 is 31.3 Å². The number of aliphatic hydroxyl groups excluding tert-OH is 8. The molecular weight excluding hydrogens is 1090 g/mol. The summed E-state index contributed by atoms with van der Waals surface area (Å²) in [6, 6.07) is -7.41. The van der Waals surface area contributed by atoms with E-state index in [1.165, 1.54) is 18.6 Å². The number of amides is 7. The third kappa shape index (κ3) is 21.1. The summed E-state index contributed by atoms with van der Waals surface area (Å²) < 4.78 is 5.21. The smallest absolute Gasteiger partial charge is 0.311 e. The monoisotopic (exact) mass is 1180 g/mol. The van der Waals surface area contributed by atoms with E-state index in [1.54, 1.807) is 0 Å². The predicted octanol–water partition coefficient (Wildman–Crippen LogP) is -1.78. The van der Waals surface area contributed by atoms with Gasteiger partial charge in [-0.25, -0.2) is 0 Å². The van der Waals surface area contributed by atoms with E-state index in [-0.39, 0.29) is 43.4 Å². The Labute approximate surface area is 482 Å². The van der Waals surface area contributed by atoms with Crippen molar-refractivity contribution in [1.29, 1.82) is 0 Å². The third-order valence-corrected chi connectivity index (χ3v) is 15.4. The van der Waals surface area contributed by atoms with E-state index in [4.69, 9.17) is 9.84 Å². The summed E-state index contributed by atoms with van der Waals surface area (Å²) in [5.41, 5.74) is -0.180. The van der Waals surface area contributed by atoms with Crippen molar-refractivity contribution in [3.05, 3.63) is 29.8 Å². The fourth-order valence-corrected chi connectivity index (χ4v) is 10.5. The Bertz CT molecular complexity index is 2380. The molecule has 1 aromatic rings. The largest absolute Gasteiger partial charge is 0.481 e. The van der Waals surface area contributed by atoms with Gasteiger partial charge in [0.25, 0.3) is 0 Å². The SMILES string of the molecule is CCC(C)CC(C)CCCCCCCCC(=O)NC1CC(O)C(O)NC(=O)C2C(O)CCN2C(=O)C(C(O)CC(C)=O)NC(=O)C(C(O)[C@H](O)c2ccc(OC(=O)CCCC(=O)O)cc2)NC(=O)C2CC(O)CN2C(=O)C(C(C)O)NC1=O. The van der Waals surface area contributed by atoms with E-state index < -0.39 is 177 Å². The molecule has 0 radical (unpaired) electrons. The summed E-state index contributed by atoms with van der Waals surface area (Å²) in [6.45, 7) is 7.74. The van der Waals surface area contributed by atoms with Crippen LogP contribution in [-0.2, 0) is 47.9 Å². The first-order valence-electron chi connectivity index (χ1n) is 28.7. The van der Waals surface area contributed by atoms with Crippen molar-refractivity contribution in [2.45, 2.75) is 229 Å². The van der Waals surface area contributed by atoms with Crippen molar-refractivity contribution in [2.24, 2.45) is 11.8 Å². The van der Waals surface area contributed by atoms with Gasteiger partial charge in [0.2, 0.25) is 41.4 Å². The van der Waals surface area contributed by atoms with Gasteiger partial charge in [0, 0.05) is 51.6 Å². The summed E-state index contributed by atoms with van der Waals surface area (Å²) in [5, 5.41) is 111. The number of fused-ring (bicyclic) bond motifs is 2. The molecule has 3 heterocycles. The molecular formula is C56H87N7O20. The van der Waals surface area contributed by atoms with E-state index in [9.17, 15) is 88.8 Å². The molecule has 14 N–H and O–H groups in total. The lowest BCUT2D eigenvalue weighted by Crippen LogP contribution is -2.64. The average molecular weight is 1180 g/mol. The Morgan fingerprint density at radius 1 is 0.687 bits per heavy atom. The fourth-order valence-electron chi connectivity index (χ4n) is 10.5. The number of carbonyl (C=O) groups excluding carboxylic acids is 9. The Morgan fingerprint density at radius 3 is 1.93 bits per heavy atom. The first-order valence-corrected chi connectivity index (χ1v) is 28.7. The van der Waals surface area contributed by atoms with Gasteiger partial charge in [-0.15, -0.1) is 0 Å². The van der Waals surface area contributed by atoms with E-state index in [2.05, 4.69) is 47.4 Å². The van der Waals surface area contributed by atoms with Crippen LogP contribution in [0.4, 0.5) is 0 Å². The minimum atomic E-state index is -2.43. The number of unbranched alkanes of at least 4 members (excludes halogenated alkanes) is 5. The van der Waals surface area contributed by atoms with Crippen LogP contribution in [0.25, 0.3) is 0 Å². The van der Waals surface area contributed by atoms with Crippen molar-refractivity contribution in [3.8, 4) is 5.75 Å². The van der Waals surface area contributed by atoms with Gasteiger partial charge in [-0.1, -0.05) is 77.8 Å². The number of esters is 1. The molecule has 0 bridgehead atoms. The van der Waals surface area contributed by atoms with Crippen molar-refractivity contribution < 1.29 is 98.6 Å². The van der Waals surface area contributed by atoms with Gasteiger partial charge in [-0.05, 0) is 69.1 Å². The molecule has 0 spiro atoms. The Hall–Kier alpha value is -6.20. The molecule has 0 saturated carbocycles. The average Bonchev–Trinajstić information content (AvgIpc) is 4.05. The van der Waals surface area contributed by atoms with Gasteiger partial charge in [-0.2, -0.15) is 0 Å². The summed E-state index contributed by atoms with van der Waals surface area (Å²) >= 11 is 0. The number of Topliss-reactive ketones (excluding diaryl/α,β-unsaturated/α-hetero) is 1. The first-order chi connectivity index (χ1) is 39.1. The molecule has 27 nitrogen and oxygen atoms in total. The molecule has 3 fully saturated rings. The number of rotatable bonds is 25. The molecule has 3 saturated heterocycles. The predicted molar refractivity (Wildman–Crippen MR) is 292 cm³/mol. The van der Waals surface area contributed by atoms with Crippen LogP contribution in [0.2, 0.25) is 0 Å². The van der Waals surface area contributed by atoms with Crippen LogP contribution in [0.5, 0.6) is 5.75 Å². The van der Waals surface area contributed by atoms with Crippen molar-refractivity contribution in [1.82, 2.24) is 36.4 Å². The lowest BCUT2D eigenvalue weighted by Gasteiger charge is -2.34. The highest BCUT2D eigenvalue weighted by molar-refractivity contribution is 5.98. The van der Waals surface area contributed by atoms with Gasteiger partial charge in [-0.3, -0.25) is 47.9 Å². The minimum absolute atomic E-state index is 0.0284. The molecule has 4 rings (SSSR count). The topological polar surface area (TPSA) is 429 Å². The minimum Gasteiger partial charge on any atom is -0.481 e. The van der Waals surface area contributed by atoms with Crippen LogP contribution in [0.3, 0.4) is 0 Å². The molecule has 466 valence electrons. The number of nitrogens with zero attached hydrogens (tertiary/aromatic N) is 2. The zero-order valence-electron chi connectivity index (χ0n) is 47.9. The lowest BCUT2D eigenvalue weighted by molar-refractivity contribution is -0.149. The zero-order chi connectivity index (χ0) is 61.8. The molecule has 7 amide bonds. The number of carbonyl (C=O) groups is 10. The molecule has 0 aliphatic carbocycles. The molecule has 83 heavy (non-hydrogen) atoms. The molecule has 0 aromatic heterocycles. The third-order valence-electron chi connectivity index (χ3n) is 15.4. The van der Waals surface area contributed by atoms with E-state index in [0.717, 1.165) is 69.4 Å². The molecule has 1 aromatic carbocycles. The van der Waals surface area contributed by atoms with Gasteiger partial charge in [0.05, 0.1) is 24.4 Å². The second-order valence-corrected chi connectivity index (χ2v) is 22.5. The quantitative estimate of drug-likeness (QED) is 0.0292. The molecule has 27 heteroatoms. The number of nitrogens with one attached hydrogen (secondary N) is 5. The zero-order valence-corrected chi connectivity index (χ0v) is 47.9. The van der Waals surface area contributed by atoms with Crippen LogP contribution in [0.15, 0.2) is 24.3 Å². The van der Waals surface area contributed by atoms with E-state index >= 15 is 0 Å². The molecule has 15 unspecified atom stereocenters. The van der Waals surface area contributed by atoms with Crippen LogP contribution in [0, 0.1) is 11.8 Å². The number of carboxylic acid groups (broad SMARTS) is 1. The van der Waals surface area contributed by atoms with Crippen molar-refractivity contribution in [3.63, 3.8) is 0 Å². The molecule has 3 aliphatic rings. The number of carboxylic acids is 1. The maximum absolute atomic E-state index is 14.6. The highest BCUT2D eigenvalue weighted by Gasteiger charge is 2.49. The Kier molecular flexibility index (Phi) is 27.8. The second kappa shape index (κ2) is 33.3. The normalized spacial score (nSPS) is 27.2. The molecule has 3 aliphatic heterocycles. The fraction of sp³-hybridized carbons (Fsp3) is 0.714. The van der Waals surface area contributed by atoms with Gasteiger partial charge in [0.1, 0.15) is 66.1 Å². The van der Waals surface area contributed by atoms with Gasteiger partial charge in [0.15, 0.2) is 6.23 Å². The van der Waals surface area contributed by atoms with Crippen molar-refractivity contribution >= 4 is 59.1 Å².